The van der Waals surface area contributed by atoms with Crippen molar-refractivity contribution in [1.82, 2.24) is 10.6 Å². The largest absolute Gasteiger partial charge is 0.493 e. The molecule has 1 unspecified atom stereocenters. The number of methoxy groups -OCH3 is 1. The van der Waals surface area contributed by atoms with E-state index < -0.39 is 0 Å². The minimum absolute atomic E-state index is 0. The Morgan fingerprint density at radius 2 is 2.04 bits per heavy atom. The van der Waals surface area contributed by atoms with Crippen LogP contribution in [0.15, 0.2) is 29.3 Å². The van der Waals surface area contributed by atoms with Crippen molar-refractivity contribution >= 4 is 29.9 Å². The number of nitrogens with one attached hydrogen (secondary N) is 2. The molecule has 27 heavy (non-hydrogen) atoms. The predicted molar refractivity (Wildman–Crippen MR) is 121 cm³/mol. The molecule has 1 aliphatic heterocycles. The lowest BCUT2D eigenvalue weighted by Crippen LogP contribution is -2.44. The molecule has 0 spiro atoms. The third-order valence-electron chi connectivity index (χ3n) is 5.95. The molecule has 1 atom stereocenters. The number of para-hydroxylation sites is 1. The summed E-state index contributed by atoms with van der Waals surface area (Å²) >= 11 is 0. The van der Waals surface area contributed by atoms with Crippen molar-refractivity contribution in [3.8, 4) is 5.75 Å². The van der Waals surface area contributed by atoms with Crippen LogP contribution in [0.2, 0.25) is 0 Å². The van der Waals surface area contributed by atoms with Crippen molar-refractivity contribution in [1.29, 1.82) is 0 Å². The molecule has 0 bridgehead atoms. The van der Waals surface area contributed by atoms with E-state index in [9.17, 15) is 0 Å². The summed E-state index contributed by atoms with van der Waals surface area (Å²) in [5.41, 5.74) is 1.66. The zero-order valence-electron chi connectivity index (χ0n) is 16.6. The highest BCUT2D eigenvalue weighted by Gasteiger charge is 2.33. The van der Waals surface area contributed by atoms with E-state index in [0.29, 0.717) is 11.3 Å². The smallest absolute Gasteiger partial charge is 0.191 e. The summed E-state index contributed by atoms with van der Waals surface area (Å²) in [4.78, 5) is 4.43. The Hall–Kier alpha value is -1.02. The number of benzene rings is 1. The van der Waals surface area contributed by atoms with Crippen LogP contribution in [0.3, 0.4) is 0 Å². The Labute approximate surface area is 180 Å². The second kappa shape index (κ2) is 11.1. The van der Waals surface area contributed by atoms with Crippen LogP contribution in [0.1, 0.15) is 50.0 Å². The summed E-state index contributed by atoms with van der Waals surface area (Å²) < 4.78 is 11.1. The summed E-state index contributed by atoms with van der Waals surface area (Å²) in [6.07, 6.45) is 7.40. The third kappa shape index (κ3) is 5.98. The second-order valence-electron chi connectivity index (χ2n) is 7.63. The van der Waals surface area contributed by atoms with Gasteiger partial charge in [0.15, 0.2) is 5.96 Å². The molecule has 2 N–H and O–H groups in total. The van der Waals surface area contributed by atoms with E-state index in [1.54, 1.807) is 7.11 Å². The molecule has 1 saturated carbocycles. The van der Waals surface area contributed by atoms with E-state index in [1.807, 2.05) is 13.1 Å². The lowest BCUT2D eigenvalue weighted by Gasteiger charge is -2.30. The summed E-state index contributed by atoms with van der Waals surface area (Å²) in [5, 5.41) is 7.11. The van der Waals surface area contributed by atoms with Crippen LogP contribution in [0.4, 0.5) is 0 Å². The fourth-order valence-electron chi connectivity index (χ4n) is 4.30. The van der Waals surface area contributed by atoms with Gasteiger partial charge in [-0.1, -0.05) is 31.0 Å². The number of nitrogens with zero attached hydrogens (tertiary/aromatic N) is 1. The molecule has 0 aromatic heterocycles. The molecule has 3 rings (SSSR count). The Balaban J connectivity index is 0.00000261. The van der Waals surface area contributed by atoms with Gasteiger partial charge in [-0.25, -0.2) is 0 Å². The number of rotatable bonds is 7. The molecule has 2 aliphatic rings. The van der Waals surface area contributed by atoms with E-state index in [1.165, 1.54) is 31.2 Å². The Morgan fingerprint density at radius 3 is 2.78 bits per heavy atom. The Bertz CT molecular complexity index is 603. The van der Waals surface area contributed by atoms with Crippen molar-refractivity contribution in [2.45, 2.75) is 44.4 Å². The lowest BCUT2D eigenvalue weighted by molar-refractivity contribution is 0.138. The zero-order chi connectivity index (χ0) is 18.2. The fraction of sp³-hybridized carbons (Fsp3) is 0.667. The average Bonchev–Trinajstić information content (AvgIpc) is 3.16. The maximum absolute atomic E-state index is 5.77. The molecule has 1 heterocycles. The summed E-state index contributed by atoms with van der Waals surface area (Å²) in [7, 11) is 3.64. The van der Waals surface area contributed by atoms with Crippen LogP contribution in [-0.4, -0.2) is 46.4 Å². The minimum atomic E-state index is 0. The van der Waals surface area contributed by atoms with Crippen molar-refractivity contribution < 1.29 is 9.47 Å². The van der Waals surface area contributed by atoms with E-state index in [-0.39, 0.29) is 24.0 Å². The van der Waals surface area contributed by atoms with E-state index in [2.05, 4.69) is 33.8 Å². The highest BCUT2D eigenvalue weighted by Crippen LogP contribution is 2.40. The minimum Gasteiger partial charge on any atom is -0.493 e. The van der Waals surface area contributed by atoms with Crippen molar-refractivity contribution in [3.63, 3.8) is 0 Å². The first-order valence-electron chi connectivity index (χ1n) is 9.91. The van der Waals surface area contributed by atoms with Gasteiger partial charge in [-0.2, -0.15) is 0 Å². The number of aliphatic imine (C=N–C) groups is 1. The first kappa shape index (κ1) is 22.3. The summed E-state index contributed by atoms with van der Waals surface area (Å²) in [6, 6.07) is 8.37. The standard InChI is InChI=1S/C21H33N3O2.HI/c1-22-20(24-16-21(12-14-25-2)10-5-6-11-21)23-15-17-9-13-26-19-8-4-3-7-18(17)19;/h3-4,7-8,17H,5-6,9-16H2,1-2H3,(H2,22,23,24);1H. The number of guanidine groups is 1. The Kier molecular flexibility index (Phi) is 9.15. The van der Waals surface area contributed by atoms with Gasteiger partial charge in [-0.15, -0.1) is 24.0 Å². The molecule has 1 fully saturated rings. The summed E-state index contributed by atoms with van der Waals surface area (Å²) in [5.74, 6) is 2.39. The fourth-order valence-corrected chi connectivity index (χ4v) is 4.30. The van der Waals surface area contributed by atoms with Gasteiger partial charge in [-0.3, -0.25) is 4.99 Å². The molecule has 6 heteroatoms. The van der Waals surface area contributed by atoms with E-state index >= 15 is 0 Å². The van der Waals surface area contributed by atoms with E-state index in [4.69, 9.17) is 9.47 Å². The van der Waals surface area contributed by atoms with Gasteiger partial charge in [0.05, 0.1) is 6.61 Å². The highest BCUT2D eigenvalue weighted by atomic mass is 127. The molecular formula is C21H34IN3O2. The normalized spacial score (nSPS) is 21.0. The van der Waals surface area contributed by atoms with Gasteiger partial charge in [0.2, 0.25) is 0 Å². The Morgan fingerprint density at radius 1 is 1.26 bits per heavy atom. The first-order valence-corrected chi connectivity index (χ1v) is 9.91. The van der Waals surface area contributed by atoms with Gasteiger partial charge in [0.1, 0.15) is 5.75 Å². The molecule has 0 saturated heterocycles. The molecular weight excluding hydrogens is 453 g/mol. The molecule has 5 nitrogen and oxygen atoms in total. The predicted octanol–water partition coefficient (Wildman–Crippen LogP) is 3.93. The maximum atomic E-state index is 5.77. The van der Waals surface area contributed by atoms with E-state index in [0.717, 1.165) is 50.9 Å². The van der Waals surface area contributed by atoms with Gasteiger partial charge in [0, 0.05) is 39.8 Å². The maximum Gasteiger partial charge on any atom is 0.191 e. The van der Waals surface area contributed by atoms with Gasteiger partial charge >= 0.3 is 0 Å². The van der Waals surface area contributed by atoms with Crippen molar-refractivity contribution in [2.24, 2.45) is 10.4 Å². The topological polar surface area (TPSA) is 54.9 Å². The average molecular weight is 487 g/mol. The zero-order valence-corrected chi connectivity index (χ0v) is 19.0. The molecule has 0 amide bonds. The van der Waals surface area contributed by atoms with Gasteiger partial charge in [-0.05, 0) is 42.7 Å². The highest BCUT2D eigenvalue weighted by molar-refractivity contribution is 14.0. The van der Waals surface area contributed by atoms with Crippen LogP contribution >= 0.6 is 24.0 Å². The molecule has 1 aromatic rings. The van der Waals surface area contributed by atoms with Crippen molar-refractivity contribution in [3.05, 3.63) is 29.8 Å². The molecule has 1 aliphatic carbocycles. The van der Waals surface area contributed by atoms with Gasteiger partial charge in [0.25, 0.3) is 0 Å². The van der Waals surface area contributed by atoms with Crippen molar-refractivity contribution in [2.75, 3.05) is 40.5 Å². The van der Waals surface area contributed by atoms with Gasteiger partial charge < -0.3 is 20.1 Å². The second-order valence-corrected chi connectivity index (χ2v) is 7.63. The van der Waals surface area contributed by atoms with Crippen LogP contribution in [0.5, 0.6) is 5.75 Å². The lowest BCUT2D eigenvalue weighted by atomic mass is 9.83. The SMILES string of the molecule is CN=C(NCC1CCOc2ccccc21)NCC1(CCOC)CCCC1.I. The first-order chi connectivity index (χ1) is 12.8. The number of halogens is 1. The number of fused-ring (bicyclic) bond motifs is 1. The number of ether oxygens (including phenoxy) is 2. The van der Waals surface area contributed by atoms with Crippen LogP contribution in [0, 0.1) is 5.41 Å². The third-order valence-corrected chi connectivity index (χ3v) is 5.95. The molecule has 1 aromatic carbocycles. The quantitative estimate of drug-likeness (QED) is 0.348. The van der Waals surface area contributed by atoms with Crippen LogP contribution in [-0.2, 0) is 4.74 Å². The monoisotopic (exact) mass is 487 g/mol. The van der Waals surface area contributed by atoms with Crippen LogP contribution < -0.4 is 15.4 Å². The molecule has 152 valence electrons. The van der Waals surface area contributed by atoms with Crippen LogP contribution in [0.25, 0.3) is 0 Å². The number of hydrogen-bond acceptors (Lipinski definition) is 3. The number of hydrogen-bond donors (Lipinski definition) is 2. The summed E-state index contributed by atoms with van der Waals surface area (Å²) in [6.45, 7) is 3.48. The molecule has 0 radical (unpaired) electrons.